The monoisotopic (exact) mass is 248 g/mol. The Morgan fingerprint density at radius 3 is 2.06 bits per heavy atom. The minimum absolute atomic E-state index is 0.841. The highest BCUT2D eigenvalue weighted by molar-refractivity contribution is 6.57. The van der Waals surface area contributed by atoms with Crippen molar-refractivity contribution in [2.75, 3.05) is 6.61 Å². The van der Waals surface area contributed by atoms with Gasteiger partial charge in [0.25, 0.3) is 0 Å². The van der Waals surface area contributed by atoms with Gasteiger partial charge in [-0.1, -0.05) is 12.1 Å². The SMILES string of the molecule is C=C[SiH]1CCCCO1.O=C(O)C(O)C(=O)O. The summed E-state index contributed by atoms with van der Waals surface area (Å²) in [6.07, 6.45) is 0.329. The van der Waals surface area contributed by atoms with E-state index in [2.05, 4.69) is 6.58 Å². The molecule has 0 aromatic heterocycles. The van der Waals surface area contributed by atoms with Gasteiger partial charge in [-0.15, -0.1) is 6.58 Å². The van der Waals surface area contributed by atoms with Gasteiger partial charge in [-0.05, 0) is 12.5 Å². The number of hydrogen-bond acceptors (Lipinski definition) is 4. The molecule has 0 amide bonds. The van der Waals surface area contributed by atoms with Crippen LogP contribution in [0.3, 0.4) is 0 Å². The van der Waals surface area contributed by atoms with Crippen molar-refractivity contribution < 1.29 is 29.3 Å². The molecule has 1 rings (SSSR count). The first-order chi connectivity index (χ1) is 7.49. The van der Waals surface area contributed by atoms with E-state index >= 15 is 0 Å². The lowest BCUT2D eigenvalue weighted by molar-refractivity contribution is -0.160. The van der Waals surface area contributed by atoms with Crippen molar-refractivity contribution in [1.29, 1.82) is 0 Å². The second kappa shape index (κ2) is 8.03. The Morgan fingerprint density at radius 1 is 1.31 bits per heavy atom. The molecule has 1 unspecified atom stereocenters. The topological polar surface area (TPSA) is 104 Å². The molecule has 1 heterocycles. The molecule has 0 spiro atoms. The van der Waals surface area contributed by atoms with Gasteiger partial charge in [0, 0.05) is 6.61 Å². The zero-order valence-corrected chi connectivity index (χ0v) is 9.99. The van der Waals surface area contributed by atoms with E-state index in [-0.39, 0.29) is 0 Å². The highest BCUT2D eigenvalue weighted by Gasteiger charge is 2.20. The molecule has 0 saturated carbocycles. The Kier molecular flexibility index (Phi) is 7.43. The molecule has 92 valence electrons. The van der Waals surface area contributed by atoms with Gasteiger partial charge >= 0.3 is 11.9 Å². The molecule has 1 saturated heterocycles. The maximum Gasteiger partial charge on any atom is 0.344 e. The normalized spacial score (nSPS) is 19.5. The maximum absolute atomic E-state index is 9.51. The minimum atomic E-state index is -2.30. The Hall–Kier alpha value is -1.18. The maximum atomic E-state index is 9.51. The lowest BCUT2D eigenvalue weighted by Crippen LogP contribution is -2.28. The predicted octanol–water partition coefficient (Wildman–Crippen LogP) is -0.238. The number of carboxylic acids is 2. The van der Waals surface area contributed by atoms with Gasteiger partial charge in [0.1, 0.15) is 0 Å². The van der Waals surface area contributed by atoms with E-state index in [1.807, 2.05) is 5.70 Å². The number of carboxylic acid groups (broad SMARTS) is 2. The predicted molar refractivity (Wildman–Crippen MR) is 58.6 cm³/mol. The first kappa shape index (κ1) is 14.8. The van der Waals surface area contributed by atoms with Gasteiger partial charge in [-0.3, -0.25) is 0 Å². The van der Waals surface area contributed by atoms with E-state index in [0.717, 1.165) is 6.61 Å². The molecule has 1 aliphatic rings. The Bertz CT molecular complexity index is 234. The molecule has 0 bridgehead atoms. The van der Waals surface area contributed by atoms with Gasteiger partial charge in [0.15, 0.2) is 0 Å². The number of carbonyl (C=O) groups is 2. The molecule has 16 heavy (non-hydrogen) atoms. The molecule has 1 fully saturated rings. The summed E-state index contributed by atoms with van der Waals surface area (Å²) in [5.41, 5.74) is 2.03. The van der Waals surface area contributed by atoms with Gasteiger partial charge in [-0.25, -0.2) is 9.59 Å². The number of aliphatic carboxylic acids is 2. The van der Waals surface area contributed by atoms with Crippen molar-refractivity contribution in [2.45, 2.75) is 25.0 Å². The van der Waals surface area contributed by atoms with Crippen molar-refractivity contribution in [2.24, 2.45) is 0 Å². The first-order valence-corrected chi connectivity index (χ1v) is 6.82. The average molecular weight is 248 g/mol. The summed E-state index contributed by atoms with van der Waals surface area (Å²) in [5.74, 6) is -3.50. The molecular weight excluding hydrogens is 232 g/mol. The first-order valence-electron chi connectivity index (χ1n) is 4.87. The summed E-state index contributed by atoms with van der Waals surface area (Å²) in [6.45, 7) is 4.71. The van der Waals surface area contributed by atoms with Crippen LogP contribution < -0.4 is 0 Å². The van der Waals surface area contributed by atoms with Crippen LogP contribution in [0, 0.1) is 0 Å². The van der Waals surface area contributed by atoms with Crippen molar-refractivity contribution >= 4 is 21.0 Å². The Labute approximate surface area is 94.9 Å². The van der Waals surface area contributed by atoms with E-state index in [1.54, 1.807) is 0 Å². The third-order valence-corrected chi connectivity index (χ3v) is 4.11. The summed E-state index contributed by atoms with van der Waals surface area (Å²) < 4.78 is 5.45. The Balaban J connectivity index is 0.000000281. The molecule has 3 N–H and O–H groups in total. The molecular formula is C9H16O6Si. The van der Waals surface area contributed by atoms with Crippen LogP contribution in [0.1, 0.15) is 12.8 Å². The third kappa shape index (κ3) is 6.33. The summed E-state index contributed by atoms with van der Waals surface area (Å²) in [4.78, 5) is 19.0. The second-order valence-electron chi connectivity index (χ2n) is 3.22. The lowest BCUT2D eigenvalue weighted by Gasteiger charge is -2.16. The highest BCUT2D eigenvalue weighted by Crippen LogP contribution is 2.10. The molecule has 7 heteroatoms. The number of hydrogen-bond donors (Lipinski definition) is 3. The van der Waals surface area contributed by atoms with Crippen LogP contribution in [0.15, 0.2) is 12.3 Å². The van der Waals surface area contributed by atoms with E-state index in [1.165, 1.54) is 18.9 Å². The zero-order chi connectivity index (χ0) is 12.6. The third-order valence-electron chi connectivity index (χ3n) is 1.95. The fourth-order valence-electron chi connectivity index (χ4n) is 1.06. The van der Waals surface area contributed by atoms with Crippen molar-refractivity contribution in [3.05, 3.63) is 12.3 Å². The van der Waals surface area contributed by atoms with Crippen molar-refractivity contribution in [3.63, 3.8) is 0 Å². The lowest BCUT2D eigenvalue weighted by atomic mass is 10.4. The van der Waals surface area contributed by atoms with Crippen molar-refractivity contribution in [3.8, 4) is 0 Å². The largest absolute Gasteiger partial charge is 0.479 e. The van der Waals surface area contributed by atoms with Gasteiger partial charge in [0.2, 0.25) is 15.1 Å². The minimum Gasteiger partial charge on any atom is -0.479 e. The van der Waals surface area contributed by atoms with E-state index in [0.29, 0.717) is 0 Å². The Morgan fingerprint density at radius 2 is 1.88 bits per heavy atom. The zero-order valence-electron chi connectivity index (χ0n) is 8.83. The van der Waals surface area contributed by atoms with Crippen LogP contribution in [0.4, 0.5) is 0 Å². The van der Waals surface area contributed by atoms with Crippen LogP contribution >= 0.6 is 0 Å². The molecule has 0 radical (unpaired) electrons. The van der Waals surface area contributed by atoms with Crippen LogP contribution in [0.2, 0.25) is 6.04 Å². The smallest absolute Gasteiger partial charge is 0.344 e. The van der Waals surface area contributed by atoms with Gasteiger partial charge < -0.3 is 19.7 Å². The second-order valence-corrected chi connectivity index (χ2v) is 5.68. The van der Waals surface area contributed by atoms with Gasteiger partial charge in [-0.2, -0.15) is 0 Å². The number of rotatable bonds is 3. The van der Waals surface area contributed by atoms with E-state index in [4.69, 9.17) is 19.7 Å². The molecule has 0 aromatic rings. The molecule has 6 nitrogen and oxygen atoms in total. The standard InChI is InChI=1S/C6H12OSi.C3H4O5/c1-2-8-6-4-3-5-7-8;4-1(2(5)6)3(7)8/h2,8H,1,3-6H2;1,4H,(H,5,6)(H,7,8). The van der Waals surface area contributed by atoms with Crippen LogP contribution in [-0.4, -0.2) is 49.0 Å². The van der Waals surface area contributed by atoms with E-state index < -0.39 is 27.1 Å². The fourth-order valence-corrected chi connectivity index (χ4v) is 2.76. The fraction of sp³-hybridized carbons (Fsp3) is 0.556. The van der Waals surface area contributed by atoms with Gasteiger partial charge in [0.05, 0.1) is 0 Å². The van der Waals surface area contributed by atoms with Crippen LogP contribution in [0.5, 0.6) is 0 Å². The highest BCUT2D eigenvalue weighted by atomic mass is 28.3. The van der Waals surface area contributed by atoms with Crippen LogP contribution in [-0.2, 0) is 14.0 Å². The summed E-state index contributed by atoms with van der Waals surface area (Å²) >= 11 is 0. The molecule has 0 aliphatic carbocycles. The quantitative estimate of drug-likeness (QED) is 0.470. The number of aliphatic hydroxyl groups is 1. The summed E-state index contributed by atoms with van der Waals surface area (Å²) in [5, 5.41) is 23.4. The number of aliphatic hydroxyl groups excluding tert-OH is 1. The summed E-state index contributed by atoms with van der Waals surface area (Å²) in [6, 6.07) is 1.31. The molecule has 0 aromatic carbocycles. The average Bonchev–Trinajstić information content (AvgIpc) is 2.29. The van der Waals surface area contributed by atoms with E-state index in [9.17, 15) is 9.59 Å². The molecule has 1 atom stereocenters. The summed E-state index contributed by atoms with van der Waals surface area (Å²) in [7, 11) is -0.841. The molecule has 1 aliphatic heterocycles. The van der Waals surface area contributed by atoms with Crippen LogP contribution in [0.25, 0.3) is 0 Å². The van der Waals surface area contributed by atoms with Crippen molar-refractivity contribution in [1.82, 2.24) is 0 Å².